The highest BCUT2D eigenvalue weighted by molar-refractivity contribution is 5.36. The van der Waals surface area contributed by atoms with E-state index in [-0.39, 0.29) is 0 Å². The van der Waals surface area contributed by atoms with Gasteiger partial charge in [-0.2, -0.15) is 0 Å². The quantitative estimate of drug-likeness (QED) is 0.860. The number of hydrogen-bond donors (Lipinski definition) is 1. The summed E-state index contributed by atoms with van der Waals surface area (Å²) in [5, 5.41) is 3.46. The summed E-state index contributed by atoms with van der Waals surface area (Å²) in [5.74, 6) is 1.35. The van der Waals surface area contributed by atoms with Crippen LogP contribution in [0.4, 0.5) is 5.82 Å². The fourth-order valence-electron chi connectivity index (χ4n) is 2.12. The summed E-state index contributed by atoms with van der Waals surface area (Å²) in [5.41, 5.74) is 2.46. The zero-order chi connectivity index (χ0) is 14.4. The number of rotatable bonds is 6. The first-order chi connectivity index (χ1) is 9.65. The van der Waals surface area contributed by atoms with Crippen LogP contribution in [0, 0.1) is 0 Å². The van der Waals surface area contributed by atoms with Crippen LogP contribution in [0.25, 0.3) is 0 Å². The van der Waals surface area contributed by atoms with Gasteiger partial charge >= 0.3 is 0 Å². The number of benzene rings is 1. The summed E-state index contributed by atoms with van der Waals surface area (Å²) < 4.78 is 0. The number of aryl methyl sites for hydroxylation is 1. The molecule has 0 aliphatic heterocycles. The molecule has 0 aliphatic carbocycles. The summed E-state index contributed by atoms with van der Waals surface area (Å²) in [6.07, 6.45) is 3.81. The van der Waals surface area contributed by atoms with Crippen LogP contribution in [0.5, 0.6) is 0 Å². The van der Waals surface area contributed by atoms with Crippen molar-refractivity contribution in [2.45, 2.75) is 45.6 Å². The molecule has 0 radical (unpaired) electrons. The Kier molecular flexibility index (Phi) is 5.10. The highest BCUT2D eigenvalue weighted by atomic mass is 15.0. The molecule has 2 aromatic rings. The minimum Gasteiger partial charge on any atom is -0.368 e. The molecule has 1 atom stereocenters. The first-order valence-corrected chi connectivity index (χ1v) is 7.27. The maximum Gasteiger partial charge on any atom is 0.129 e. The van der Waals surface area contributed by atoms with Crippen LogP contribution in [-0.2, 0) is 6.42 Å². The maximum atomic E-state index is 4.29. The van der Waals surface area contributed by atoms with Gasteiger partial charge < -0.3 is 5.32 Å². The van der Waals surface area contributed by atoms with Gasteiger partial charge in [-0.15, -0.1) is 0 Å². The van der Waals surface area contributed by atoms with E-state index < -0.39 is 0 Å². The van der Waals surface area contributed by atoms with Crippen LogP contribution in [0.2, 0.25) is 0 Å². The van der Waals surface area contributed by atoms with E-state index in [4.69, 9.17) is 0 Å². The number of nitrogens with zero attached hydrogens (tertiary/aromatic N) is 2. The lowest BCUT2D eigenvalue weighted by Gasteiger charge is -2.15. The minimum atomic E-state index is 0.394. The Morgan fingerprint density at radius 2 is 1.80 bits per heavy atom. The van der Waals surface area contributed by atoms with Gasteiger partial charge in [-0.3, -0.25) is 0 Å². The predicted molar refractivity (Wildman–Crippen MR) is 84.0 cm³/mol. The molecule has 1 N–H and O–H groups in total. The summed E-state index contributed by atoms with van der Waals surface area (Å²) in [4.78, 5) is 8.58. The molecule has 0 saturated heterocycles. The minimum absolute atomic E-state index is 0.394. The number of nitrogens with one attached hydrogen (secondary N) is 1. The van der Waals surface area contributed by atoms with E-state index >= 15 is 0 Å². The van der Waals surface area contributed by atoms with Crippen LogP contribution in [-0.4, -0.2) is 16.0 Å². The summed E-state index contributed by atoms with van der Waals surface area (Å²) in [7, 11) is 0. The molecule has 106 valence electrons. The van der Waals surface area contributed by atoms with Gasteiger partial charge in [0.1, 0.15) is 12.1 Å². The first-order valence-electron chi connectivity index (χ1n) is 7.27. The first kappa shape index (κ1) is 14.5. The molecule has 0 spiro atoms. The zero-order valence-electron chi connectivity index (χ0n) is 12.5. The lowest BCUT2D eigenvalue weighted by molar-refractivity contribution is 0.701. The van der Waals surface area contributed by atoms with E-state index in [1.54, 1.807) is 6.33 Å². The van der Waals surface area contributed by atoms with Crippen molar-refractivity contribution in [2.24, 2.45) is 0 Å². The third kappa shape index (κ3) is 4.34. The summed E-state index contributed by atoms with van der Waals surface area (Å²) >= 11 is 0. The monoisotopic (exact) mass is 269 g/mol. The Labute approximate surface area is 121 Å². The van der Waals surface area contributed by atoms with E-state index in [0.29, 0.717) is 12.0 Å². The fourth-order valence-corrected chi connectivity index (χ4v) is 2.12. The molecule has 1 aromatic carbocycles. The average molecular weight is 269 g/mol. The van der Waals surface area contributed by atoms with Gasteiger partial charge in [0.05, 0.1) is 0 Å². The predicted octanol–water partition coefficient (Wildman–Crippen LogP) is 4.03. The largest absolute Gasteiger partial charge is 0.368 e. The second-order valence-electron chi connectivity index (χ2n) is 5.55. The molecule has 1 unspecified atom stereocenters. The van der Waals surface area contributed by atoms with Crippen LogP contribution >= 0.6 is 0 Å². The smallest absolute Gasteiger partial charge is 0.129 e. The lowest BCUT2D eigenvalue weighted by atomic mass is 10.1. The van der Waals surface area contributed by atoms with Crippen molar-refractivity contribution in [2.75, 3.05) is 5.32 Å². The van der Waals surface area contributed by atoms with Gasteiger partial charge in [-0.25, -0.2) is 9.97 Å². The van der Waals surface area contributed by atoms with Crippen molar-refractivity contribution in [3.8, 4) is 0 Å². The van der Waals surface area contributed by atoms with Crippen LogP contribution in [0.3, 0.4) is 0 Å². The normalized spacial score (nSPS) is 12.4. The average Bonchev–Trinajstić information content (AvgIpc) is 2.46. The fraction of sp³-hybridized carbons (Fsp3) is 0.412. The van der Waals surface area contributed by atoms with Crippen molar-refractivity contribution in [1.29, 1.82) is 0 Å². The highest BCUT2D eigenvalue weighted by Gasteiger charge is 2.06. The van der Waals surface area contributed by atoms with Gasteiger partial charge in [0.25, 0.3) is 0 Å². The summed E-state index contributed by atoms with van der Waals surface area (Å²) in [6.45, 7) is 6.48. The molecule has 0 amide bonds. The SMILES string of the molecule is CC(CCc1ccccc1)Nc1cc(C(C)C)ncn1. The van der Waals surface area contributed by atoms with E-state index in [9.17, 15) is 0 Å². The third-order valence-corrected chi connectivity index (χ3v) is 3.38. The number of hydrogen-bond acceptors (Lipinski definition) is 3. The van der Waals surface area contributed by atoms with Crippen molar-refractivity contribution in [1.82, 2.24) is 9.97 Å². The van der Waals surface area contributed by atoms with Crippen molar-refractivity contribution >= 4 is 5.82 Å². The van der Waals surface area contributed by atoms with E-state index in [0.717, 1.165) is 24.4 Å². The van der Waals surface area contributed by atoms with Gasteiger partial charge in [0, 0.05) is 17.8 Å². The van der Waals surface area contributed by atoms with Crippen LogP contribution < -0.4 is 5.32 Å². The molecular weight excluding hydrogens is 246 g/mol. The maximum absolute atomic E-state index is 4.29. The molecule has 0 saturated carbocycles. The highest BCUT2D eigenvalue weighted by Crippen LogP contribution is 2.15. The van der Waals surface area contributed by atoms with Gasteiger partial charge in [0.2, 0.25) is 0 Å². The Bertz CT molecular complexity index is 523. The topological polar surface area (TPSA) is 37.8 Å². The van der Waals surface area contributed by atoms with Crippen molar-refractivity contribution in [3.05, 3.63) is 54.0 Å². The molecule has 3 nitrogen and oxygen atoms in total. The Hall–Kier alpha value is -1.90. The molecule has 1 heterocycles. The van der Waals surface area contributed by atoms with Gasteiger partial charge in [0.15, 0.2) is 0 Å². The zero-order valence-corrected chi connectivity index (χ0v) is 12.5. The number of aromatic nitrogens is 2. The molecule has 3 heteroatoms. The van der Waals surface area contributed by atoms with Gasteiger partial charge in [-0.05, 0) is 31.2 Å². The Balaban J connectivity index is 1.88. The third-order valence-electron chi connectivity index (χ3n) is 3.38. The molecule has 1 aromatic heterocycles. The van der Waals surface area contributed by atoms with E-state index in [1.165, 1.54) is 5.56 Å². The van der Waals surface area contributed by atoms with Crippen LogP contribution in [0.1, 0.15) is 44.4 Å². The summed E-state index contributed by atoms with van der Waals surface area (Å²) in [6, 6.07) is 13.0. The molecule has 0 bridgehead atoms. The second-order valence-corrected chi connectivity index (χ2v) is 5.55. The standard InChI is InChI=1S/C17H23N3/c1-13(2)16-11-17(19-12-18-16)20-14(3)9-10-15-7-5-4-6-8-15/h4-8,11-14H,9-10H2,1-3H3,(H,18,19,20). The number of anilines is 1. The molecule has 0 aliphatic rings. The van der Waals surface area contributed by atoms with E-state index in [2.05, 4.69) is 66.4 Å². The molecule has 0 fully saturated rings. The molecule has 20 heavy (non-hydrogen) atoms. The second kappa shape index (κ2) is 7.04. The lowest BCUT2D eigenvalue weighted by Crippen LogP contribution is -2.17. The van der Waals surface area contributed by atoms with Crippen molar-refractivity contribution in [3.63, 3.8) is 0 Å². The van der Waals surface area contributed by atoms with Crippen molar-refractivity contribution < 1.29 is 0 Å². The van der Waals surface area contributed by atoms with Gasteiger partial charge in [-0.1, -0.05) is 44.2 Å². The molecular formula is C17H23N3. The molecule has 2 rings (SSSR count). The van der Waals surface area contributed by atoms with Crippen LogP contribution in [0.15, 0.2) is 42.7 Å². The van der Waals surface area contributed by atoms with E-state index in [1.807, 2.05) is 6.07 Å². The Morgan fingerprint density at radius 1 is 1.05 bits per heavy atom. The Morgan fingerprint density at radius 3 is 2.50 bits per heavy atom.